The molecule has 6 heteroatoms. The smallest absolute Gasteiger partial charge is 0.251 e. The van der Waals surface area contributed by atoms with Gasteiger partial charge < -0.3 is 5.32 Å². The number of nitrogens with zero attached hydrogens (tertiary/aromatic N) is 4. The van der Waals surface area contributed by atoms with Crippen molar-refractivity contribution in [2.24, 2.45) is 5.92 Å². The van der Waals surface area contributed by atoms with Crippen LogP contribution in [0.1, 0.15) is 34.8 Å². The number of rotatable bonds is 6. The van der Waals surface area contributed by atoms with E-state index in [4.69, 9.17) is 5.26 Å². The van der Waals surface area contributed by atoms with Gasteiger partial charge in [0.1, 0.15) is 0 Å². The first-order valence-electron chi connectivity index (χ1n) is 8.70. The molecule has 1 aliphatic heterocycles. The molecule has 1 aliphatic rings. The van der Waals surface area contributed by atoms with Crippen molar-refractivity contribution in [1.82, 2.24) is 20.0 Å². The van der Waals surface area contributed by atoms with Crippen LogP contribution in [0.25, 0.3) is 0 Å². The van der Waals surface area contributed by atoms with Crippen LogP contribution in [0.15, 0.2) is 36.7 Å². The van der Waals surface area contributed by atoms with E-state index >= 15 is 0 Å². The van der Waals surface area contributed by atoms with E-state index in [0.717, 1.165) is 32.6 Å². The Morgan fingerprint density at radius 2 is 2.20 bits per heavy atom. The number of aromatic nitrogens is 2. The first kappa shape index (κ1) is 17.2. The molecule has 1 unspecified atom stereocenters. The first-order chi connectivity index (χ1) is 12.2. The molecule has 130 valence electrons. The molecule has 1 fully saturated rings. The van der Waals surface area contributed by atoms with Crippen molar-refractivity contribution in [3.63, 3.8) is 0 Å². The normalized spacial score (nSPS) is 17.4. The second-order valence-electron chi connectivity index (χ2n) is 6.49. The number of nitrogens with one attached hydrogen (secondary N) is 1. The van der Waals surface area contributed by atoms with Gasteiger partial charge in [-0.15, -0.1) is 0 Å². The Labute approximate surface area is 148 Å². The zero-order valence-electron chi connectivity index (χ0n) is 14.5. The summed E-state index contributed by atoms with van der Waals surface area (Å²) in [5.41, 5.74) is 2.40. The van der Waals surface area contributed by atoms with Crippen LogP contribution in [-0.4, -0.2) is 40.2 Å². The van der Waals surface area contributed by atoms with Gasteiger partial charge in [-0.05, 0) is 50.1 Å². The number of hydrogen-bond donors (Lipinski definition) is 1. The lowest BCUT2D eigenvalue weighted by Crippen LogP contribution is -2.30. The Balaban J connectivity index is 1.44. The van der Waals surface area contributed by atoms with Gasteiger partial charge in [-0.25, -0.2) is 0 Å². The highest BCUT2D eigenvalue weighted by Crippen LogP contribution is 2.18. The van der Waals surface area contributed by atoms with E-state index in [1.807, 2.05) is 10.9 Å². The van der Waals surface area contributed by atoms with Crippen molar-refractivity contribution in [2.45, 2.75) is 26.4 Å². The Morgan fingerprint density at radius 1 is 1.40 bits per heavy atom. The van der Waals surface area contributed by atoms with Gasteiger partial charge in [0.25, 0.3) is 5.91 Å². The molecular weight excluding hydrogens is 314 g/mol. The van der Waals surface area contributed by atoms with Gasteiger partial charge in [-0.3, -0.25) is 14.4 Å². The van der Waals surface area contributed by atoms with E-state index in [-0.39, 0.29) is 5.91 Å². The monoisotopic (exact) mass is 337 g/mol. The minimum Gasteiger partial charge on any atom is -0.352 e. The van der Waals surface area contributed by atoms with Gasteiger partial charge in [0.2, 0.25) is 0 Å². The average Bonchev–Trinajstić information content (AvgIpc) is 3.29. The highest BCUT2D eigenvalue weighted by Gasteiger charge is 2.23. The number of carbonyl (C=O) groups is 1. The van der Waals surface area contributed by atoms with E-state index in [9.17, 15) is 4.79 Å². The Bertz CT molecular complexity index is 759. The van der Waals surface area contributed by atoms with Gasteiger partial charge >= 0.3 is 0 Å². The number of nitriles is 1. The van der Waals surface area contributed by atoms with E-state index in [2.05, 4.69) is 34.5 Å². The molecule has 0 radical (unpaired) electrons. The zero-order valence-corrected chi connectivity index (χ0v) is 14.5. The van der Waals surface area contributed by atoms with Crippen molar-refractivity contribution >= 4 is 5.91 Å². The topological polar surface area (TPSA) is 73.9 Å². The van der Waals surface area contributed by atoms with E-state index in [0.29, 0.717) is 23.6 Å². The van der Waals surface area contributed by atoms with Crippen molar-refractivity contribution in [3.05, 3.63) is 53.3 Å². The first-order valence-corrected chi connectivity index (χ1v) is 8.70. The third-order valence-corrected chi connectivity index (χ3v) is 4.61. The van der Waals surface area contributed by atoms with E-state index < -0.39 is 0 Å². The van der Waals surface area contributed by atoms with Crippen LogP contribution in [0.3, 0.4) is 0 Å². The zero-order chi connectivity index (χ0) is 17.6. The summed E-state index contributed by atoms with van der Waals surface area (Å²) in [6.07, 6.45) is 5.12. The highest BCUT2D eigenvalue weighted by molar-refractivity contribution is 5.94. The van der Waals surface area contributed by atoms with Crippen LogP contribution in [0.2, 0.25) is 0 Å². The standard InChI is InChI=1S/C19H23N5O/c1-2-24-14-17(11-22-24)13-23-8-7-16(12-23)10-21-19(25)18-5-3-15(9-20)4-6-18/h3-6,11,14,16H,2,7-8,10,12-13H2,1H3,(H,21,25). The van der Waals surface area contributed by atoms with Gasteiger partial charge in [0.05, 0.1) is 17.8 Å². The lowest BCUT2D eigenvalue weighted by atomic mass is 10.1. The fourth-order valence-electron chi connectivity index (χ4n) is 3.18. The van der Waals surface area contributed by atoms with Gasteiger partial charge in [-0.2, -0.15) is 10.4 Å². The number of hydrogen-bond acceptors (Lipinski definition) is 4. The Morgan fingerprint density at radius 3 is 2.88 bits per heavy atom. The molecule has 1 aromatic heterocycles. The lowest BCUT2D eigenvalue weighted by Gasteiger charge is -2.15. The average molecular weight is 337 g/mol. The van der Waals surface area contributed by atoms with Crippen LogP contribution in [0, 0.1) is 17.2 Å². The molecule has 6 nitrogen and oxygen atoms in total. The summed E-state index contributed by atoms with van der Waals surface area (Å²) in [4.78, 5) is 14.6. The number of carbonyl (C=O) groups excluding carboxylic acids is 1. The van der Waals surface area contributed by atoms with Gasteiger partial charge in [0.15, 0.2) is 0 Å². The molecule has 25 heavy (non-hydrogen) atoms. The predicted molar refractivity (Wildman–Crippen MR) is 94.8 cm³/mol. The quantitative estimate of drug-likeness (QED) is 0.875. The maximum atomic E-state index is 12.2. The Hall–Kier alpha value is -2.65. The largest absolute Gasteiger partial charge is 0.352 e. The molecule has 1 N–H and O–H groups in total. The minimum atomic E-state index is -0.0767. The molecular formula is C19H23N5O. The third-order valence-electron chi connectivity index (χ3n) is 4.61. The second kappa shape index (κ2) is 7.95. The fourth-order valence-corrected chi connectivity index (χ4v) is 3.18. The van der Waals surface area contributed by atoms with Crippen molar-refractivity contribution in [3.8, 4) is 6.07 Å². The fraction of sp³-hybridized carbons (Fsp3) is 0.421. The molecule has 1 atom stereocenters. The van der Waals surface area contributed by atoms with Crippen LogP contribution in [-0.2, 0) is 13.1 Å². The summed E-state index contributed by atoms with van der Waals surface area (Å²) in [6.45, 7) is 6.62. The molecule has 1 amide bonds. The maximum Gasteiger partial charge on any atom is 0.251 e. The van der Waals surface area contributed by atoms with Crippen LogP contribution >= 0.6 is 0 Å². The molecule has 3 rings (SSSR count). The lowest BCUT2D eigenvalue weighted by molar-refractivity contribution is 0.0947. The Kier molecular flexibility index (Phi) is 5.46. The van der Waals surface area contributed by atoms with Crippen molar-refractivity contribution in [1.29, 1.82) is 5.26 Å². The molecule has 1 saturated heterocycles. The molecule has 0 bridgehead atoms. The van der Waals surface area contributed by atoms with Gasteiger partial charge in [-0.1, -0.05) is 0 Å². The molecule has 0 aliphatic carbocycles. The number of amides is 1. The van der Waals surface area contributed by atoms with Gasteiger partial charge in [0, 0.05) is 43.5 Å². The van der Waals surface area contributed by atoms with Crippen LogP contribution in [0.5, 0.6) is 0 Å². The summed E-state index contributed by atoms with van der Waals surface area (Å²) in [6, 6.07) is 8.78. The maximum absolute atomic E-state index is 12.2. The molecule has 1 aromatic carbocycles. The summed E-state index contributed by atoms with van der Waals surface area (Å²) in [5.74, 6) is 0.399. The predicted octanol–water partition coefficient (Wildman–Crippen LogP) is 2.03. The van der Waals surface area contributed by atoms with E-state index in [1.54, 1.807) is 24.3 Å². The van der Waals surface area contributed by atoms with E-state index in [1.165, 1.54) is 5.56 Å². The number of likely N-dealkylation sites (tertiary alicyclic amines) is 1. The van der Waals surface area contributed by atoms with Crippen LogP contribution < -0.4 is 5.32 Å². The molecule has 2 aromatic rings. The van der Waals surface area contributed by atoms with Crippen molar-refractivity contribution in [2.75, 3.05) is 19.6 Å². The third kappa shape index (κ3) is 4.46. The highest BCUT2D eigenvalue weighted by atomic mass is 16.1. The van der Waals surface area contributed by atoms with Crippen LogP contribution in [0.4, 0.5) is 0 Å². The minimum absolute atomic E-state index is 0.0767. The summed E-state index contributed by atoms with van der Waals surface area (Å²) >= 11 is 0. The summed E-state index contributed by atoms with van der Waals surface area (Å²) < 4.78 is 1.95. The second-order valence-corrected chi connectivity index (χ2v) is 6.49. The number of aryl methyl sites for hydroxylation is 1. The summed E-state index contributed by atoms with van der Waals surface area (Å²) in [7, 11) is 0. The van der Waals surface area contributed by atoms with Crippen molar-refractivity contribution < 1.29 is 4.79 Å². The molecule has 0 spiro atoms. The molecule has 2 heterocycles. The number of benzene rings is 1. The SMILES string of the molecule is CCn1cc(CN2CCC(CNC(=O)c3ccc(C#N)cc3)C2)cn1. The molecule has 0 saturated carbocycles. The summed E-state index contributed by atoms with van der Waals surface area (Å²) in [5, 5.41) is 16.1.